The van der Waals surface area contributed by atoms with Crippen LogP contribution in [-0.2, 0) is 6.54 Å². The van der Waals surface area contributed by atoms with Gasteiger partial charge in [0.15, 0.2) is 0 Å². The number of amides is 1. The van der Waals surface area contributed by atoms with Gasteiger partial charge >= 0.3 is 0 Å². The normalized spacial score (nSPS) is 16.2. The van der Waals surface area contributed by atoms with Crippen LogP contribution in [0.2, 0.25) is 0 Å². The Kier molecular flexibility index (Phi) is 6.51. The zero-order chi connectivity index (χ0) is 22.7. The van der Waals surface area contributed by atoms with Gasteiger partial charge in [-0.3, -0.25) is 9.69 Å². The van der Waals surface area contributed by atoms with Gasteiger partial charge in [-0.1, -0.05) is 18.2 Å². The first-order chi connectivity index (χ1) is 15.4. The molecule has 3 aromatic rings. The molecule has 1 aromatic heterocycles. The predicted molar refractivity (Wildman–Crippen MR) is 126 cm³/mol. The number of methoxy groups -OCH3 is 1. The summed E-state index contributed by atoms with van der Waals surface area (Å²) in [5.41, 5.74) is 5.91. The average molecular weight is 431 g/mol. The highest BCUT2D eigenvalue weighted by Gasteiger charge is 2.27. The lowest BCUT2D eigenvalue weighted by Gasteiger charge is -2.17. The monoisotopic (exact) mass is 430 g/mol. The Morgan fingerprint density at radius 3 is 2.59 bits per heavy atom. The van der Waals surface area contributed by atoms with E-state index < -0.39 is 0 Å². The van der Waals surface area contributed by atoms with E-state index in [0.717, 1.165) is 37.6 Å². The van der Waals surface area contributed by atoms with Gasteiger partial charge in [-0.05, 0) is 74.7 Å². The number of ether oxygens (including phenoxy) is 1. The predicted octanol–water partition coefficient (Wildman–Crippen LogP) is 4.65. The number of anilines is 1. The molecule has 0 unspecified atom stereocenters. The van der Waals surface area contributed by atoms with Crippen LogP contribution in [0.5, 0.6) is 5.75 Å². The number of benzene rings is 2. The summed E-state index contributed by atoms with van der Waals surface area (Å²) in [4.78, 5) is 24.4. The summed E-state index contributed by atoms with van der Waals surface area (Å²) in [5.74, 6) is 1.65. The number of nitrogens with zero attached hydrogens (tertiary/aromatic N) is 3. The van der Waals surface area contributed by atoms with Gasteiger partial charge in [-0.2, -0.15) is 0 Å². The number of aryl methyl sites for hydroxylation is 3. The number of nitrogens with one attached hydrogen (secondary N) is 1. The van der Waals surface area contributed by atoms with Crippen LogP contribution in [0.4, 0.5) is 5.69 Å². The van der Waals surface area contributed by atoms with Crippen molar-refractivity contribution in [2.24, 2.45) is 0 Å². The first-order valence-electron chi connectivity index (χ1n) is 11.0. The van der Waals surface area contributed by atoms with E-state index in [1.165, 1.54) is 16.7 Å². The Bertz CT molecular complexity index is 1110. The van der Waals surface area contributed by atoms with Crippen LogP contribution in [0.15, 0.2) is 48.7 Å². The third-order valence-electron chi connectivity index (χ3n) is 6.21. The summed E-state index contributed by atoms with van der Waals surface area (Å²) >= 11 is 0. The highest BCUT2D eigenvalue weighted by molar-refractivity contribution is 6.04. The fourth-order valence-electron chi connectivity index (χ4n) is 4.12. The number of carbonyl (C=O) groups is 1. The lowest BCUT2D eigenvalue weighted by Crippen LogP contribution is -2.21. The molecule has 1 fully saturated rings. The minimum absolute atomic E-state index is 0.206. The van der Waals surface area contributed by atoms with Crippen LogP contribution in [-0.4, -0.2) is 41.0 Å². The number of carbonyl (C=O) groups excluding carboxylic acids is 1. The summed E-state index contributed by atoms with van der Waals surface area (Å²) in [6.45, 7) is 9.08. The van der Waals surface area contributed by atoms with Crippen molar-refractivity contribution in [1.29, 1.82) is 0 Å². The Hall–Kier alpha value is -3.25. The highest BCUT2D eigenvalue weighted by Crippen LogP contribution is 2.27. The zero-order valence-corrected chi connectivity index (χ0v) is 19.2. The van der Waals surface area contributed by atoms with Crippen molar-refractivity contribution in [3.63, 3.8) is 0 Å². The minimum Gasteiger partial charge on any atom is -0.497 e. The zero-order valence-electron chi connectivity index (χ0n) is 19.2. The van der Waals surface area contributed by atoms with Crippen molar-refractivity contribution < 1.29 is 9.53 Å². The maximum absolute atomic E-state index is 12.7. The molecule has 0 radical (unpaired) electrons. The molecule has 0 saturated carbocycles. The number of hydrogen-bond acceptors (Lipinski definition) is 5. The molecule has 4 rings (SSSR count). The van der Waals surface area contributed by atoms with E-state index in [1.807, 2.05) is 31.2 Å². The van der Waals surface area contributed by atoms with Gasteiger partial charge in [-0.25, -0.2) is 9.97 Å². The Morgan fingerprint density at radius 1 is 1.12 bits per heavy atom. The minimum atomic E-state index is -0.206. The Balaban J connectivity index is 1.39. The van der Waals surface area contributed by atoms with E-state index in [-0.39, 0.29) is 5.91 Å². The molecule has 1 aliphatic rings. The van der Waals surface area contributed by atoms with Gasteiger partial charge in [0, 0.05) is 30.9 Å². The number of aromatic nitrogens is 2. The fraction of sp³-hybridized carbons (Fsp3) is 0.346. The average Bonchev–Trinajstić information content (AvgIpc) is 3.25. The van der Waals surface area contributed by atoms with Gasteiger partial charge in [-0.15, -0.1) is 0 Å². The van der Waals surface area contributed by atoms with Crippen molar-refractivity contribution >= 4 is 11.6 Å². The molecule has 0 aliphatic carbocycles. The van der Waals surface area contributed by atoms with E-state index >= 15 is 0 Å². The summed E-state index contributed by atoms with van der Waals surface area (Å²) in [6, 6.07) is 13.9. The molecule has 2 aromatic carbocycles. The molecular weight excluding hydrogens is 400 g/mol. The van der Waals surface area contributed by atoms with Crippen molar-refractivity contribution in [1.82, 2.24) is 14.9 Å². The van der Waals surface area contributed by atoms with Gasteiger partial charge in [0.25, 0.3) is 5.91 Å². The largest absolute Gasteiger partial charge is 0.497 e. The van der Waals surface area contributed by atoms with Gasteiger partial charge in [0.2, 0.25) is 0 Å². The molecule has 0 bridgehead atoms. The van der Waals surface area contributed by atoms with Crippen LogP contribution >= 0.6 is 0 Å². The molecule has 1 N–H and O–H groups in total. The topological polar surface area (TPSA) is 67.3 Å². The molecule has 0 spiro atoms. The Labute approximate surface area is 189 Å². The lowest BCUT2D eigenvalue weighted by atomic mass is 10.1. The Morgan fingerprint density at radius 2 is 1.91 bits per heavy atom. The molecule has 32 heavy (non-hydrogen) atoms. The number of rotatable bonds is 6. The molecule has 6 nitrogen and oxygen atoms in total. The molecule has 1 atom stereocenters. The second kappa shape index (κ2) is 9.49. The SMILES string of the molecule is COc1ccc(NC(=O)c2cnc([C@H]3CCN(Cc4ccc(C)c(C)c4)C3)nc2C)cc1. The van der Waals surface area contributed by atoms with Crippen molar-refractivity contribution in [2.75, 3.05) is 25.5 Å². The van der Waals surface area contributed by atoms with E-state index in [2.05, 4.69) is 47.2 Å². The van der Waals surface area contributed by atoms with Crippen LogP contribution in [0, 0.1) is 20.8 Å². The van der Waals surface area contributed by atoms with Crippen LogP contribution in [0.3, 0.4) is 0 Å². The van der Waals surface area contributed by atoms with E-state index in [4.69, 9.17) is 9.72 Å². The fourth-order valence-corrected chi connectivity index (χ4v) is 4.12. The third-order valence-corrected chi connectivity index (χ3v) is 6.21. The first kappa shape index (κ1) is 22.0. The standard InChI is InChI=1S/C26H30N4O2/c1-17-5-6-20(13-18(17)2)15-30-12-11-21(16-30)25-27-14-24(19(3)28-25)26(31)29-22-7-9-23(32-4)10-8-22/h5-10,13-14,21H,11-12,15-16H2,1-4H3,(H,29,31)/t21-/m0/s1. The molecule has 1 amide bonds. The van der Waals surface area contributed by atoms with Crippen molar-refractivity contribution in [2.45, 2.75) is 39.7 Å². The molecular formula is C26H30N4O2. The summed E-state index contributed by atoms with van der Waals surface area (Å²) in [6.07, 6.45) is 2.68. The molecule has 166 valence electrons. The third kappa shape index (κ3) is 4.97. The van der Waals surface area contributed by atoms with E-state index in [9.17, 15) is 4.79 Å². The van der Waals surface area contributed by atoms with Crippen molar-refractivity contribution in [3.8, 4) is 5.75 Å². The lowest BCUT2D eigenvalue weighted by molar-refractivity contribution is 0.102. The maximum Gasteiger partial charge on any atom is 0.259 e. The van der Waals surface area contributed by atoms with Gasteiger partial charge < -0.3 is 10.1 Å². The van der Waals surface area contributed by atoms with Crippen LogP contribution in [0.1, 0.15) is 50.9 Å². The van der Waals surface area contributed by atoms with Crippen LogP contribution in [0.25, 0.3) is 0 Å². The van der Waals surface area contributed by atoms with Crippen LogP contribution < -0.4 is 10.1 Å². The summed E-state index contributed by atoms with van der Waals surface area (Å²) in [7, 11) is 1.61. The first-order valence-corrected chi connectivity index (χ1v) is 11.0. The second-order valence-electron chi connectivity index (χ2n) is 8.55. The molecule has 6 heteroatoms. The van der Waals surface area contributed by atoms with E-state index in [1.54, 1.807) is 13.3 Å². The second-order valence-corrected chi connectivity index (χ2v) is 8.55. The number of hydrogen-bond donors (Lipinski definition) is 1. The summed E-state index contributed by atoms with van der Waals surface area (Å²) < 4.78 is 5.15. The molecule has 1 saturated heterocycles. The highest BCUT2D eigenvalue weighted by atomic mass is 16.5. The molecule has 1 aliphatic heterocycles. The van der Waals surface area contributed by atoms with Crippen molar-refractivity contribution in [3.05, 3.63) is 82.4 Å². The smallest absolute Gasteiger partial charge is 0.259 e. The molecule has 2 heterocycles. The quantitative estimate of drug-likeness (QED) is 0.616. The van der Waals surface area contributed by atoms with E-state index in [0.29, 0.717) is 22.9 Å². The number of likely N-dealkylation sites (tertiary alicyclic amines) is 1. The summed E-state index contributed by atoms with van der Waals surface area (Å²) in [5, 5.41) is 2.90. The van der Waals surface area contributed by atoms with Gasteiger partial charge in [0.1, 0.15) is 11.6 Å². The van der Waals surface area contributed by atoms with Gasteiger partial charge in [0.05, 0.1) is 18.4 Å². The maximum atomic E-state index is 12.7.